The van der Waals surface area contributed by atoms with Gasteiger partial charge in [0.05, 0.1) is 16.3 Å². The maximum absolute atomic E-state index is 12.0. The first kappa shape index (κ1) is 17.0. The first-order valence-electron chi connectivity index (χ1n) is 8.45. The van der Waals surface area contributed by atoms with E-state index < -0.39 is 0 Å². The van der Waals surface area contributed by atoms with E-state index in [1.54, 1.807) is 6.20 Å². The van der Waals surface area contributed by atoms with E-state index in [2.05, 4.69) is 20.4 Å². The molecule has 1 aliphatic carbocycles. The zero-order valence-electron chi connectivity index (χ0n) is 13.8. The molecule has 0 radical (unpaired) electrons. The molecular formula is C17H22N4O2S. The normalized spacial score (nSPS) is 15.4. The van der Waals surface area contributed by atoms with Crippen LogP contribution in [-0.2, 0) is 11.2 Å². The van der Waals surface area contributed by atoms with Gasteiger partial charge in [-0.25, -0.2) is 4.98 Å². The average molecular weight is 346 g/mol. The summed E-state index contributed by atoms with van der Waals surface area (Å²) in [6, 6.07) is 4.12. The van der Waals surface area contributed by atoms with Crippen LogP contribution in [0.25, 0.3) is 11.5 Å². The van der Waals surface area contributed by atoms with Crippen LogP contribution in [0, 0.1) is 0 Å². The number of hydrogen-bond acceptors (Lipinski definition) is 6. The number of rotatable bonds is 6. The Morgan fingerprint density at radius 1 is 1.33 bits per heavy atom. The lowest BCUT2D eigenvalue weighted by molar-refractivity contribution is -0.119. The lowest BCUT2D eigenvalue weighted by atomic mass is 9.95. The van der Waals surface area contributed by atoms with Crippen LogP contribution in [0.5, 0.6) is 0 Å². The van der Waals surface area contributed by atoms with Crippen molar-refractivity contribution in [1.29, 1.82) is 0 Å². The Kier molecular flexibility index (Phi) is 5.85. The molecule has 2 aromatic rings. The first-order valence-corrected chi connectivity index (χ1v) is 9.44. The second kappa shape index (κ2) is 8.28. The Morgan fingerprint density at radius 2 is 2.17 bits per heavy atom. The summed E-state index contributed by atoms with van der Waals surface area (Å²) in [4.78, 5) is 20.7. The minimum atomic E-state index is 0.0854. The van der Waals surface area contributed by atoms with E-state index in [0.29, 0.717) is 23.5 Å². The summed E-state index contributed by atoms with van der Waals surface area (Å²) in [6.45, 7) is 1.98. The molecule has 1 aliphatic rings. The molecular weight excluding hydrogens is 324 g/mol. The third kappa shape index (κ3) is 4.56. The number of aryl methyl sites for hydroxylation is 1. The molecule has 3 rings (SSSR count). The molecule has 2 heterocycles. The van der Waals surface area contributed by atoms with Crippen molar-refractivity contribution >= 4 is 17.7 Å². The van der Waals surface area contributed by atoms with Crippen molar-refractivity contribution in [2.24, 2.45) is 0 Å². The minimum absolute atomic E-state index is 0.0854. The highest BCUT2D eigenvalue weighted by Gasteiger charge is 2.16. The van der Waals surface area contributed by atoms with Gasteiger partial charge in [-0.1, -0.05) is 43.1 Å². The summed E-state index contributed by atoms with van der Waals surface area (Å²) in [6.07, 6.45) is 8.38. The van der Waals surface area contributed by atoms with Crippen molar-refractivity contribution < 1.29 is 9.32 Å². The van der Waals surface area contributed by atoms with Crippen molar-refractivity contribution in [1.82, 2.24) is 20.4 Å². The lowest BCUT2D eigenvalue weighted by Gasteiger charge is -2.22. The molecule has 0 spiro atoms. The molecule has 1 N–H and O–H groups in total. The number of carbonyl (C=O) groups is 1. The fourth-order valence-corrected chi connectivity index (χ4v) is 3.42. The van der Waals surface area contributed by atoms with Gasteiger partial charge in [0.15, 0.2) is 5.82 Å². The van der Waals surface area contributed by atoms with Gasteiger partial charge >= 0.3 is 0 Å². The van der Waals surface area contributed by atoms with Crippen LogP contribution in [-0.4, -0.2) is 32.8 Å². The SMILES string of the molecule is CCc1noc(-c2ccc(SCC(=O)NC3CCCCC3)nc2)n1. The van der Waals surface area contributed by atoms with Crippen LogP contribution >= 0.6 is 11.8 Å². The topological polar surface area (TPSA) is 80.9 Å². The van der Waals surface area contributed by atoms with Gasteiger partial charge in [-0.2, -0.15) is 4.98 Å². The summed E-state index contributed by atoms with van der Waals surface area (Å²) in [5.41, 5.74) is 0.790. The van der Waals surface area contributed by atoms with Crippen LogP contribution in [0.3, 0.4) is 0 Å². The Bertz CT molecular complexity index is 665. The number of aromatic nitrogens is 3. The summed E-state index contributed by atoms with van der Waals surface area (Å²) in [7, 11) is 0. The highest BCUT2D eigenvalue weighted by Crippen LogP contribution is 2.21. The van der Waals surface area contributed by atoms with Gasteiger partial charge in [0, 0.05) is 18.7 Å². The van der Waals surface area contributed by atoms with Crippen molar-refractivity contribution in [2.75, 3.05) is 5.75 Å². The molecule has 1 fully saturated rings. The van der Waals surface area contributed by atoms with E-state index in [4.69, 9.17) is 4.52 Å². The van der Waals surface area contributed by atoms with E-state index in [0.717, 1.165) is 29.9 Å². The third-order valence-corrected chi connectivity index (χ3v) is 5.03. The number of nitrogens with zero attached hydrogens (tertiary/aromatic N) is 3. The van der Waals surface area contributed by atoms with E-state index in [1.165, 1.54) is 31.0 Å². The Hall–Kier alpha value is -1.89. The smallest absolute Gasteiger partial charge is 0.259 e. The fourth-order valence-electron chi connectivity index (χ4n) is 2.76. The molecule has 24 heavy (non-hydrogen) atoms. The van der Waals surface area contributed by atoms with E-state index >= 15 is 0 Å². The highest BCUT2D eigenvalue weighted by atomic mass is 32.2. The molecule has 1 amide bonds. The van der Waals surface area contributed by atoms with Crippen LogP contribution < -0.4 is 5.32 Å². The number of hydrogen-bond donors (Lipinski definition) is 1. The van der Waals surface area contributed by atoms with Crippen LogP contribution in [0.15, 0.2) is 27.9 Å². The van der Waals surface area contributed by atoms with Gasteiger partial charge in [0.1, 0.15) is 0 Å². The molecule has 0 aliphatic heterocycles. The quantitative estimate of drug-likeness (QED) is 0.809. The number of thioether (sulfide) groups is 1. The standard InChI is InChI=1S/C17H22N4O2S/c1-2-14-20-17(23-21-14)12-8-9-16(18-10-12)24-11-15(22)19-13-6-4-3-5-7-13/h8-10,13H,2-7,11H2,1H3,(H,19,22). The average Bonchev–Trinajstić information content (AvgIpc) is 3.10. The lowest BCUT2D eigenvalue weighted by Crippen LogP contribution is -2.37. The molecule has 0 bridgehead atoms. The largest absolute Gasteiger partial charge is 0.353 e. The minimum Gasteiger partial charge on any atom is -0.353 e. The Morgan fingerprint density at radius 3 is 2.83 bits per heavy atom. The number of nitrogens with one attached hydrogen (secondary N) is 1. The van der Waals surface area contributed by atoms with Gasteiger partial charge in [0.2, 0.25) is 5.91 Å². The molecule has 0 aromatic carbocycles. The van der Waals surface area contributed by atoms with E-state index in [9.17, 15) is 4.79 Å². The molecule has 0 unspecified atom stereocenters. The zero-order chi connectivity index (χ0) is 16.8. The second-order valence-electron chi connectivity index (χ2n) is 5.95. The summed E-state index contributed by atoms with van der Waals surface area (Å²) in [5.74, 6) is 1.64. The van der Waals surface area contributed by atoms with Crippen molar-refractivity contribution in [3.8, 4) is 11.5 Å². The molecule has 2 aromatic heterocycles. The Labute approximate surface area is 145 Å². The maximum Gasteiger partial charge on any atom is 0.259 e. The van der Waals surface area contributed by atoms with Gasteiger partial charge in [0.25, 0.3) is 5.89 Å². The first-order chi connectivity index (χ1) is 11.7. The maximum atomic E-state index is 12.0. The van der Waals surface area contributed by atoms with Gasteiger partial charge < -0.3 is 9.84 Å². The molecule has 0 atom stereocenters. The zero-order valence-corrected chi connectivity index (χ0v) is 14.6. The third-order valence-electron chi connectivity index (χ3n) is 4.09. The monoisotopic (exact) mass is 346 g/mol. The molecule has 0 saturated heterocycles. The van der Waals surface area contributed by atoms with Gasteiger partial charge in [-0.3, -0.25) is 4.79 Å². The number of amides is 1. The highest BCUT2D eigenvalue weighted by molar-refractivity contribution is 7.99. The van der Waals surface area contributed by atoms with Crippen molar-refractivity contribution in [3.05, 3.63) is 24.2 Å². The predicted octanol–water partition coefficient (Wildman–Crippen LogP) is 3.24. The van der Waals surface area contributed by atoms with Crippen molar-refractivity contribution in [2.45, 2.75) is 56.5 Å². The summed E-state index contributed by atoms with van der Waals surface area (Å²) in [5, 5.41) is 7.80. The summed E-state index contributed by atoms with van der Waals surface area (Å²) < 4.78 is 5.19. The number of carbonyl (C=O) groups excluding carboxylic acids is 1. The van der Waals surface area contributed by atoms with E-state index in [-0.39, 0.29) is 5.91 Å². The molecule has 128 valence electrons. The molecule has 6 nitrogen and oxygen atoms in total. The number of pyridine rings is 1. The van der Waals surface area contributed by atoms with Gasteiger partial charge in [-0.15, -0.1) is 0 Å². The fraction of sp³-hybridized carbons (Fsp3) is 0.529. The van der Waals surface area contributed by atoms with Crippen LogP contribution in [0.4, 0.5) is 0 Å². The Balaban J connectivity index is 1.49. The summed E-state index contributed by atoms with van der Waals surface area (Å²) >= 11 is 1.44. The van der Waals surface area contributed by atoms with Gasteiger partial charge in [-0.05, 0) is 25.0 Å². The predicted molar refractivity (Wildman–Crippen MR) is 92.6 cm³/mol. The van der Waals surface area contributed by atoms with Crippen LogP contribution in [0.2, 0.25) is 0 Å². The van der Waals surface area contributed by atoms with Crippen molar-refractivity contribution in [3.63, 3.8) is 0 Å². The molecule has 7 heteroatoms. The second-order valence-corrected chi connectivity index (χ2v) is 6.94. The van der Waals surface area contributed by atoms with E-state index in [1.807, 2.05) is 19.1 Å². The van der Waals surface area contributed by atoms with Crippen LogP contribution in [0.1, 0.15) is 44.9 Å². The molecule has 1 saturated carbocycles.